The maximum atomic E-state index is 10.5. The molecular weight excluding hydrogens is 244 g/mol. The molecule has 19 heavy (non-hydrogen) atoms. The molecule has 1 atom stereocenters. The standard InChI is InChI=1S/C15H18O4/c16-15(17)8-7-12-4-3-6-13(10-12)19-11-14-5-1-2-9-18-14/h3-4,6-8,10,14H,1-2,5,9,11H2,(H,16,17)/b8-7+. The molecule has 0 radical (unpaired) electrons. The third-order valence-corrected chi connectivity index (χ3v) is 2.99. The predicted octanol–water partition coefficient (Wildman–Crippen LogP) is 2.73. The van der Waals surface area contributed by atoms with Crippen LogP contribution in [-0.4, -0.2) is 30.4 Å². The third kappa shape index (κ3) is 4.75. The Morgan fingerprint density at radius 2 is 2.37 bits per heavy atom. The number of ether oxygens (including phenoxy) is 2. The highest BCUT2D eigenvalue weighted by Crippen LogP contribution is 2.17. The molecule has 0 bridgehead atoms. The average molecular weight is 262 g/mol. The van der Waals surface area contributed by atoms with Crippen LogP contribution in [0.1, 0.15) is 24.8 Å². The van der Waals surface area contributed by atoms with Crippen molar-refractivity contribution in [1.82, 2.24) is 0 Å². The molecule has 2 rings (SSSR count). The van der Waals surface area contributed by atoms with Crippen LogP contribution in [0, 0.1) is 0 Å². The van der Waals surface area contributed by atoms with E-state index in [2.05, 4.69) is 0 Å². The molecule has 4 heteroatoms. The first kappa shape index (κ1) is 13.6. The van der Waals surface area contributed by atoms with Crippen LogP contribution in [0.25, 0.3) is 6.08 Å². The Bertz CT molecular complexity index is 447. The zero-order chi connectivity index (χ0) is 13.5. The molecule has 1 saturated heterocycles. The Morgan fingerprint density at radius 3 is 3.11 bits per heavy atom. The molecule has 1 fully saturated rings. The van der Waals surface area contributed by atoms with E-state index >= 15 is 0 Å². The van der Waals surface area contributed by atoms with Gasteiger partial charge in [0.1, 0.15) is 12.4 Å². The largest absolute Gasteiger partial charge is 0.491 e. The highest BCUT2D eigenvalue weighted by atomic mass is 16.5. The number of benzene rings is 1. The van der Waals surface area contributed by atoms with Crippen LogP contribution < -0.4 is 4.74 Å². The summed E-state index contributed by atoms with van der Waals surface area (Å²) in [5.41, 5.74) is 0.810. The number of carboxylic acids is 1. The lowest BCUT2D eigenvalue weighted by molar-refractivity contribution is -0.131. The molecule has 0 aliphatic carbocycles. The van der Waals surface area contributed by atoms with Gasteiger partial charge in [0, 0.05) is 12.7 Å². The van der Waals surface area contributed by atoms with Gasteiger partial charge in [0.15, 0.2) is 0 Å². The summed E-state index contributed by atoms with van der Waals surface area (Å²) in [6.07, 6.45) is 6.20. The van der Waals surface area contributed by atoms with Crippen LogP contribution in [0.4, 0.5) is 0 Å². The van der Waals surface area contributed by atoms with Crippen LogP contribution in [0.5, 0.6) is 5.75 Å². The summed E-state index contributed by atoms with van der Waals surface area (Å²) in [6.45, 7) is 1.36. The van der Waals surface area contributed by atoms with Crippen molar-refractivity contribution in [3.05, 3.63) is 35.9 Å². The van der Waals surface area contributed by atoms with Crippen LogP contribution in [0.2, 0.25) is 0 Å². The van der Waals surface area contributed by atoms with Crippen molar-refractivity contribution in [2.75, 3.05) is 13.2 Å². The molecule has 1 unspecified atom stereocenters. The Kier molecular flexibility index (Phi) is 4.98. The normalized spacial score (nSPS) is 19.5. The van der Waals surface area contributed by atoms with E-state index in [9.17, 15) is 4.79 Å². The number of aliphatic carboxylic acids is 1. The fraction of sp³-hybridized carbons (Fsp3) is 0.400. The monoisotopic (exact) mass is 262 g/mol. The molecule has 1 heterocycles. The minimum Gasteiger partial charge on any atom is -0.491 e. The Balaban J connectivity index is 1.89. The molecule has 0 spiro atoms. The van der Waals surface area contributed by atoms with Gasteiger partial charge in [-0.15, -0.1) is 0 Å². The van der Waals surface area contributed by atoms with Gasteiger partial charge in [-0.1, -0.05) is 12.1 Å². The van der Waals surface area contributed by atoms with Crippen molar-refractivity contribution in [1.29, 1.82) is 0 Å². The van der Waals surface area contributed by atoms with E-state index in [-0.39, 0.29) is 6.10 Å². The van der Waals surface area contributed by atoms with Crippen molar-refractivity contribution >= 4 is 12.0 Å². The first-order chi connectivity index (χ1) is 9.24. The second-order valence-electron chi connectivity index (χ2n) is 4.54. The fourth-order valence-corrected chi connectivity index (χ4v) is 2.00. The molecule has 0 aromatic heterocycles. The van der Waals surface area contributed by atoms with Gasteiger partial charge in [-0.2, -0.15) is 0 Å². The summed E-state index contributed by atoms with van der Waals surface area (Å²) >= 11 is 0. The lowest BCUT2D eigenvalue weighted by Gasteiger charge is -2.22. The van der Waals surface area contributed by atoms with E-state index < -0.39 is 5.97 Å². The van der Waals surface area contributed by atoms with E-state index in [1.165, 1.54) is 6.42 Å². The van der Waals surface area contributed by atoms with Gasteiger partial charge in [-0.25, -0.2) is 4.79 Å². The summed E-state index contributed by atoms with van der Waals surface area (Å²) in [4.78, 5) is 10.5. The van der Waals surface area contributed by atoms with Gasteiger partial charge in [0.25, 0.3) is 0 Å². The second-order valence-corrected chi connectivity index (χ2v) is 4.54. The Hall–Kier alpha value is -1.81. The van der Waals surface area contributed by atoms with Crippen LogP contribution >= 0.6 is 0 Å². The summed E-state index contributed by atoms with van der Waals surface area (Å²) in [5, 5.41) is 8.58. The fourth-order valence-electron chi connectivity index (χ4n) is 2.00. The van der Waals surface area contributed by atoms with E-state index in [0.29, 0.717) is 6.61 Å². The van der Waals surface area contributed by atoms with E-state index in [4.69, 9.17) is 14.6 Å². The zero-order valence-electron chi connectivity index (χ0n) is 10.7. The second kappa shape index (κ2) is 6.95. The minimum atomic E-state index is -0.957. The SMILES string of the molecule is O=C(O)/C=C/c1cccc(OCC2CCCCO2)c1. The molecule has 4 nitrogen and oxygen atoms in total. The maximum Gasteiger partial charge on any atom is 0.328 e. The molecule has 1 aromatic rings. The highest BCUT2D eigenvalue weighted by Gasteiger charge is 2.14. The minimum absolute atomic E-state index is 0.173. The van der Waals surface area contributed by atoms with E-state index in [1.807, 2.05) is 24.3 Å². The van der Waals surface area contributed by atoms with Crippen molar-refractivity contribution in [3.8, 4) is 5.75 Å². The third-order valence-electron chi connectivity index (χ3n) is 2.99. The first-order valence-corrected chi connectivity index (χ1v) is 6.49. The molecular formula is C15H18O4. The summed E-state index contributed by atoms with van der Waals surface area (Å²) in [7, 11) is 0. The summed E-state index contributed by atoms with van der Waals surface area (Å²) in [6, 6.07) is 7.37. The van der Waals surface area contributed by atoms with Crippen molar-refractivity contribution < 1.29 is 19.4 Å². The molecule has 1 aromatic carbocycles. The lowest BCUT2D eigenvalue weighted by atomic mass is 10.1. The topological polar surface area (TPSA) is 55.8 Å². The van der Waals surface area contributed by atoms with Gasteiger partial charge < -0.3 is 14.6 Å². The molecule has 1 aliphatic rings. The van der Waals surface area contributed by atoms with Gasteiger partial charge in [-0.3, -0.25) is 0 Å². The van der Waals surface area contributed by atoms with Gasteiger partial charge in [0.05, 0.1) is 6.10 Å². The van der Waals surface area contributed by atoms with Gasteiger partial charge >= 0.3 is 5.97 Å². The lowest BCUT2D eigenvalue weighted by Crippen LogP contribution is -2.25. The predicted molar refractivity (Wildman–Crippen MR) is 72.2 cm³/mol. The van der Waals surface area contributed by atoms with E-state index in [1.54, 1.807) is 6.08 Å². The number of carboxylic acid groups (broad SMARTS) is 1. The molecule has 0 saturated carbocycles. The maximum absolute atomic E-state index is 10.5. The van der Waals surface area contributed by atoms with Gasteiger partial charge in [-0.05, 0) is 43.0 Å². The smallest absolute Gasteiger partial charge is 0.328 e. The highest BCUT2D eigenvalue weighted by molar-refractivity contribution is 5.85. The Morgan fingerprint density at radius 1 is 1.47 bits per heavy atom. The van der Waals surface area contributed by atoms with Crippen LogP contribution in [0.15, 0.2) is 30.3 Å². The van der Waals surface area contributed by atoms with Crippen molar-refractivity contribution in [3.63, 3.8) is 0 Å². The summed E-state index contributed by atoms with van der Waals surface area (Å²) in [5.74, 6) is -0.219. The van der Waals surface area contributed by atoms with Crippen LogP contribution in [-0.2, 0) is 9.53 Å². The number of hydrogen-bond acceptors (Lipinski definition) is 3. The van der Waals surface area contributed by atoms with Crippen molar-refractivity contribution in [2.45, 2.75) is 25.4 Å². The summed E-state index contributed by atoms with van der Waals surface area (Å²) < 4.78 is 11.3. The molecule has 1 N–H and O–H groups in total. The van der Waals surface area contributed by atoms with Gasteiger partial charge in [0.2, 0.25) is 0 Å². The zero-order valence-corrected chi connectivity index (χ0v) is 10.7. The molecule has 0 amide bonds. The van der Waals surface area contributed by atoms with Crippen molar-refractivity contribution in [2.24, 2.45) is 0 Å². The number of carbonyl (C=O) groups is 1. The quantitative estimate of drug-likeness (QED) is 0.829. The number of hydrogen-bond donors (Lipinski definition) is 1. The first-order valence-electron chi connectivity index (χ1n) is 6.49. The molecule has 102 valence electrons. The van der Waals surface area contributed by atoms with Crippen LogP contribution in [0.3, 0.4) is 0 Å². The Labute approximate surface area is 112 Å². The van der Waals surface area contributed by atoms with E-state index in [0.717, 1.165) is 36.8 Å². The average Bonchev–Trinajstić information content (AvgIpc) is 2.44. The number of rotatable bonds is 5. The molecule has 1 aliphatic heterocycles.